The zero-order valence-electron chi connectivity index (χ0n) is 15.8. The largest absolute Gasteiger partial charge is 0.354 e. The summed E-state index contributed by atoms with van der Waals surface area (Å²) >= 11 is 13.6. The van der Waals surface area contributed by atoms with Crippen LogP contribution < -0.4 is 16.4 Å². The molecule has 29 heavy (non-hydrogen) atoms. The lowest BCUT2D eigenvalue weighted by atomic mass is 9.98. The van der Waals surface area contributed by atoms with Crippen LogP contribution in [0.4, 0.5) is 5.95 Å². The van der Waals surface area contributed by atoms with E-state index in [4.69, 9.17) is 28.9 Å². The minimum atomic E-state index is -0.795. The van der Waals surface area contributed by atoms with Crippen molar-refractivity contribution in [1.82, 2.24) is 15.3 Å². The summed E-state index contributed by atoms with van der Waals surface area (Å²) in [7, 11) is 0. The fourth-order valence-electron chi connectivity index (χ4n) is 3.00. The molecular formula is C20H23Cl2N5OS. The van der Waals surface area contributed by atoms with Gasteiger partial charge in [-0.25, -0.2) is 9.97 Å². The molecule has 0 bridgehead atoms. The number of anilines is 1. The highest BCUT2D eigenvalue weighted by Crippen LogP contribution is 2.45. The van der Waals surface area contributed by atoms with Crippen LogP contribution in [0.25, 0.3) is 0 Å². The van der Waals surface area contributed by atoms with Crippen LogP contribution in [0.3, 0.4) is 0 Å². The summed E-state index contributed by atoms with van der Waals surface area (Å²) < 4.78 is -0.795. The highest BCUT2D eigenvalue weighted by Gasteiger charge is 2.43. The van der Waals surface area contributed by atoms with Gasteiger partial charge in [0.2, 0.25) is 11.9 Å². The SMILES string of the molecule is NCCCNc1nccc(C2(C(=O)NCCc3ccc(Cl)cc3Cl)CC=CS2)n1. The Morgan fingerprint density at radius 1 is 1.28 bits per heavy atom. The van der Waals surface area contributed by atoms with Gasteiger partial charge in [-0.05, 0) is 55.0 Å². The van der Waals surface area contributed by atoms with Crippen LogP contribution in [0.15, 0.2) is 41.9 Å². The van der Waals surface area contributed by atoms with Gasteiger partial charge in [0.05, 0.1) is 5.69 Å². The van der Waals surface area contributed by atoms with Gasteiger partial charge in [-0.2, -0.15) is 0 Å². The fraction of sp³-hybridized carbons (Fsp3) is 0.350. The molecule has 3 rings (SSSR count). The van der Waals surface area contributed by atoms with Gasteiger partial charge in [0.15, 0.2) is 0 Å². The summed E-state index contributed by atoms with van der Waals surface area (Å²) in [5.74, 6) is 0.424. The molecule has 0 radical (unpaired) electrons. The van der Waals surface area contributed by atoms with Gasteiger partial charge in [-0.1, -0.05) is 35.3 Å². The molecule has 0 aliphatic carbocycles. The third-order valence-corrected chi connectivity index (χ3v) is 6.44. The fourth-order valence-corrected chi connectivity index (χ4v) is 4.54. The van der Waals surface area contributed by atoms with Crippen LogP contribution in [0.5, 0.6) is 0 Å². The van der Waals surface area contributed by atoms with Crippen LogP contribution in [-0.4, -0.2) is 35.5 Å². The number of nitrogens with zero attached hydrogens (tertiary/aromatic N) is 2. The van der Waals surface area contributed by atoms with E-state index in [0.717, 1.165) is 12.0 Å². The minimum absolute atomic E-state index is 0.0794. The third-order valence-electron chi connectivity index (χ3n) is 4.57. The Hall–Kier alpha value is -1.80. The number of hydrogen-bond donors (Lipinski definition) is 3. The molecule has 2 aromatic rings. The predicted octanol–water partition coefficient (Wildman–Crippen LogP) is 3.75. The van der Waals surface area contributed by atoms with Gasteiger partial charge in [0.1, 0.15) is 4.75 Å². The number of halogens is 2. The van der Waals surface area contributed by atoms with E-state index in [1.165, 1.54) is 11.8 Å². The van der Waals surface area contributed by atoms with Gasteiger partial charge >= 0.3 is 0 Å². The monoisotopic (exact) mass is 451 g/mol. The first-order chi connectivity index (χ1) is 14.0. The Morgan fingerprint density at radius 2 is 2.14 bits per heavy atom. The number of nitrogens with two attached hydrogens (primary N) is 1. The van der Waals surface area contributed by atoms with Crippen molar-refractivity contribution in [2.24, 2.45) is 5.73 Å². The molecule has 0 saturated carbocycles. The second kappa shape index (κ2) is 10.3. The van der Waals surface area contributed by atoms with Crippen LogP contribution in [0.2, 0.25) is 10.0 Å². The lowest BCUT2D eigenvalue weighted by molar-refractivity contribution is -0.123. The molecule has 4 N–H and O–H groups in total. The highest BCUT2D eigenvalue weighted by atomic mass is 35.5. The summed E-state index contributed by atoms with van der Waals surface area (Å²) in [5.41, 5.74) is 7.15. The number of allylic oxidation sites excluding steroid dienone is 1. The van der Waals surface area contributed by atoms with Crippen molar-refractivity contribution >= 4 is 46.8 Å². The number of benzene rings is 1. The van der Waals surface area contributed by atoms with Gasteiger partial charge < -0.3 is 16.4 Å². The summed E-state index contributed by atoms with van der Waals surface area (Å²) in [4.78, 5) is 22.0. The van der Waals surface area contributed by atoms with Crippen molar-refractivity contribution in [1.29, 1.82) is 0 Å². The smallest absolute Gasteiger partial charge is 0.243 e. The van der Waals surface area contributed by atoms with Crippen molar-refractivity contribution in [3.63, 3.8) is 0 Å². The lowest BCUT2D eigenvalue weighted by Gasteiger charge is -2.26. The molecule has 2 heterocycles. The molecule has 0 fully saturated rings. The van der Waals surface area contributed by atoms with Crippen LogP contribution in [0.1, 0.15) is 24.1 Å². The molecule has 0 saturated heterocycles. The molecule has 1 aromatic carbocycles. The van der Waals surface area contributed by atoms with Gasteiger partial charge in [0, 0.05) is 29.3 Å². The van der Waals surface area contributed by atoms with E-state index < -0.39 is 4.75 Å². The van der Waals surface area contributed by atoms with E-state index >= 15 is 0 Å². The molecule has 1 amide bonds. The van der Waals surface area contributed by atoms with Gasteiger partial charge in [-0.15, -0.1) is 11.8 Å². The Morgan fingerprint density at radius 3 is 2.86 bits per heavy atom. The summed E-state index contributed by atoms with van der Waals surface area (Å²) in [5, 5.41) is 9.32. The maximum Gasteiger partial charge on any atom is 0.243 e. The van der Waals surface area contributed by atoms with Crippen molar-refractivity contribution in [3.05, 3.63) is 63.2 Å². The van der Waals surface area contributed by atoms with E-state index in [0.29, 0.717) is 54.2 Å². The number of amides is 1. The molecule has 1 unspecified atom stereocenters. The first-order valence-corrected chi connectivity index (χ1v) is 11.0. The number of carbonyl (C=O) groups is 1. The van der Waals surface area contributed by atoms with Crippen molar-refractivity contribution < 1.29 is 4.79 Å². The number of thioether (sulfide) groups is 1. The summed E-state index contributed by atoms with van der Waals surface area (Å²) in [6.07, 6.45) is 5.68. The molecule has 1 aliphatic heterocycles. The average molecular weight is 452 g/mol. The molecule has 9 heteroatoms. The summed E-state index contributed by atoms with van der Waals surface area (Å²) in [6.45, 7) is 1.75. The topological polar surface area (TPSA) is 92.9 Å². The molecule has 1 aliphatic rings. The average Bonchev–Trinajstić information content (AvgIpc) is 3.21. The maximum atomic E-state index is 13.1. The normalized spacial score (nSPS) is 18.0. The highest BCUT2D eigenvalue weighted by molar-refractivity contribution is 8.04. The van der Waals surface area contributed by atoms with Gasteiger partial charge in [-0.3, -0.25) is 4.79 Å². The van der Waals surface area contributed by atoms with Crippen LogP contribution >= 0.6 is 35.0 Å². The van der Waals surface area contributed by atoms with Crippen molar-refractivity contribution in [3.8, 4) is 0 Å². The summed E-state index contributed by atoms with van der Waals surface area (Å²) in [6, 6.07) is 7.17. The number of carbonyl (C=O) groups excluding carboxylic acids is 1. The Kier molecular flexibility index (Phi) is 7.77. The quantitative estimate of drug-likeness (QED) is 0.502. The molecule has 0 spiro atoms. The number of aromatic nitrogens is 2. The van der Waals surface area contributed by atoms with E-state index in [1.807, 2.05) is 17.6 Å². The zero-order chi connectivity index (χ0) is 20.7. The number of hydrogen-bond acceptors (Lipinski definition) is 6. The van der Waals surface area contributed by atoms with Gasteiger partial charge in [0.25, 0.3) is 0 Å². The minimum Gasteiger partial charge on any atom is -0.354 e. The predicted molar refractivity (Wildman–Crippen MR) is 120 cm³/mol. The molecule has 1 aromatic heterocycles. The molecular weight excluding hydrogens is 429 g/mol. The Labute approximate surface area is 184 Å². The number of rotatable bonds is 9. The first-order valence-electron chi connectivity index (χ1n) is 9.38. The molecule has 154 valence electrons. The molecule has 6 nitrogen and oxygen atoms in total. The second-order valence-electron chi connectivity index (χ2n) is 6.60. The van der Waals surface area contributed by atoms with E-state index in [9.17, 15) is 4.79 Å². The first kappa shape index (κ1) is 21.9. The lowest BCUT2D eigenvalue weighted by Crippen LogP contribution is -2.42. The molecule has 1 atom stereocenters. The van der Waals surface area contributed by atoms with E-state index in [2.05, 4.69) is 20.6 Å². The third kappa shape index (κ3) is 5.42. The van der Waals surface area contributed by atoms with Crippen LogP contribution in [-0.2, 0) is 16.0 Å². The number of nitrogens with one attached hydrogen (secondary N) is 2. The van der Waals surface area contributed by atoms with Crippen molar-refractivity contribution in [2.45, 2.75) is 24.0 Å². The van der Waals surface area contributed by atoms with Crippen molar-refractivity contribution in [2.75, 3.05) is 25.0 Å². The second-order valence-corrected chi connectivity index (χ2v) is 8.65. The Balaban J connectivity index is 1.68. The van der Waals surface area contributed by atoms with Crippen LogP contribution in [0, 0.1) is 0 Å². The van der Waals surface area contributed by atoms with E-state index in [-0.39, 0.29) is 5.91 Å². The Bertz CT molecular complexity index is 885. The zero-order valence-corrected chi connectivity index (χ0v) is 18.2. The standard InChI is InChI=1S/C20H23Cl2N5OS/c21-15-4-3-14(16(22)13-15)5-10-24-18(28)20(7-1-12-29-20)17-6-11-26-19(27-17)25-9-2-8-23/h1,3-4,6,11-13H,2,5,7-10,23H2,(H,24,28)(H,25,26,27). The maximum absolute atomic E-state index is 13.1. The van der Waals surface area contributed by atoms with E-state index in [1.54, 1.807) is 24.4 Å².